The lowest BCUT2D eigenvalue weighted by Gasteiger charge is -2.08. The summed E-state index contributed by atoms with van der Waals surface area (Å²) < 4.78 is 1.49. The molecular weight excluding hydrogens is 216 g/mol. The van der Waals surface area contributed by atoms with Gasteiger partial charge in [-0.2, -0.15) is 5.43 Å². The van der Waals surface area contributed by atoms with Gasteiger partial charge < -0.3 is 10.3 Å². The van der Waals surface area contributed by atoms with Crippen molar-refractivity contribution >= 4 is 18.5 Å². The Morgan fingerprint density at radius 1 is 1.29 bits per heavy atom. The summed E-state index contributed by atoms with van der Waals surface area (Å²) in [5.74, 6) is 0.973. The van der Waals surface area contributed by atoms with Gasteiger partial charge in [-0.25, -0.2) is 4.98 Å². The van der Waals surface area contributed by atoms with Crippen LogP contribution in [0.25, 0.3) is 0 Å². The van der Waals surface area contributed by atoms with Gasteiger partial charge in [-0.3, -0.25) is 5.41 Å². The minimum atomic E-state index is 0.184. The number of hydrazone groups is 1. The maximum Gasteiger partial charge on any atom is 0.302 e. The van der Waals surface area contributed by atoms with E-state index in [9.17, 15) is 0 Å². The van der Waals surface area contributed by atoms with Crippen molar-refractivity contribution in [1.29, 1.82) is 5.41 Å². The second-order valence-corrected chi connectivity index (χ2v) is 3.52. The van der Waals surface area contributed by atoms with E-state index in [1.165, 1.54) is 4.68 Å². The number of guanidine groups is 1. The molecule has 0 fully saturated rings. The summed E-state index contributed by atoms with van der Waals surface area (Å²) in [7, 11) is 0. The summed E-state index contributed by atoms with van der Waals surface area (Å²) in [5, 5.41) is 10.6. The predicted octanol–water partition coefficient (Wildman–Crippen LogP) is 0.917. The van der Waals surface area contributed by atoms with Gasteiger partial charge in [0, 0.05) is 18.0 Å². The van der Waals surface area contributed by atoms with Crippen molar-refractivity contribution in [3.63, 3.8) is 0 Å². The second-order valence-electron chi connectivity index (χ2n) is 3.52. The van der Waals surface area contributed by atoms with Gasteiger partial charge in [0.25, 0.3) is 0 Å². The van der Waals surface area contributed by atoms with Crippen LogP contribution in [0.1, 0.15) is 5.69 Å². The van der Waals surface area contributed by atoms with Crippen molar-refractivity contribution < 1.29 is 4.68 Å². The van der Waals surface area contributed by atoms with Crippen LogP contribution >= 0.6 is 0 Å². The molecule has 0 aliphatic heterocycles. The van der Waals surface area contributed by atoms with Gasteiger partial charge in [-0.1, -0.05) is 0 Å². The van der Waals surface area contributed by atoms with Crippen LogP contribution in [0.5, 0.6) is 0 Å². The summed E-state index contributed by atoms with van der Waals surface area (Å²) in [6.07, 6.45) is 3.64. The van der Waals surface area contributed by atoms with Crippen molar-refractivity contribution in [2.75, 3.05) is 0 Å². The highest BCUT2D eigenvalue weighted by Gasteiger charge is 2.06. The third-order valence-corrected chi connectivity index (χ3v) is 2.24. The number of nitrogens with one attached hydrogen (secondary N) is 5. The zero-order valence-corrected chi connectivity index (χ0v) is 9.33. The highest BCUT2D eigenvalue weighted by molar-refractivity contribution is 5.75. The third-order valence-electron chi connectivity index (χ3n) is 2.24. The highest BCUT2D eigenvalue weighted by atomic mass is 15.5. The van der Waals surface area contributed by atoms with Crippen LogP contribution in [-0.2, 0) is 6.54 Å². The molecule has 2 rings (SSSR count). The molecule has 0 aliphatic carbocycles. The first-order valence-corrected chi connectivity index (χ1v) is 5.21. The van der Waals surface area contributed by atoms with Crippen molar-refractivity contribution in [2.45, 2.75) is 6.54 Å². The first kappa shape index (κ1) is 11.0. The van der Waals surface area contributed by atoms with Crippen molar-refractivity contribution in [3.8, 4) is 0 Å². The van der Waals surface area contributed by atoms with E-state index in [2.05, 4.69) is 27.4 Å². The first-order chi connectivity index (χ1) is 8.25. The number of hydrogen-bond acceptors (Lipinski definition) is 1. The lowest BCUT2D eigenvalue weighted by Crippen LogP contribution is -2.40. The number of nitrogens with zero attached hydrogens (tertiary/aromatic N) is 1. The van der Waals surface area contributed by atoms with Crippen molar-refractivity contribution in [3.05, 3.63) is 42.4 Å². The fraction of sp³-hybridized carbons (Fsp3) is 0.0909. The van der Waals surface area contributed by atoms with E-state index in [0.29, 0.717) is 6.54 Å². The van der Waals surface area contributed by atoms with Crippen LogP contribution in [0.15, 0.2) is 36.7 Å². The Bertz CT molecular complexity index is 482. The highest BCUT2D eigenvalue weighted by Crippen LogP contribution is 2.02. The monoisotopic (exact) mass is 231 g/mol. The molecule has 0 aliphatic rings. The molecule has 5 N–H and O–H groups in total. The van der Waals surface area contributed by atoms with Gasteiger partial charge in [0.05, 0.1) is 19.5 Å². The molecule has 0 saturated heterocycles. The Balaban J connectivity index is 1.80. The SMILES string of the molecule is C=[N+](NC(=N)NCc1ccc[nH]1)c1ccc[nH]1. The Kier molecular flexibility index (Phi) is 3.25. The van der Waals surface area contributed by atoms with Gasteiger partial charge in [0.15, 0.2) is 0 Å². The average Bonchev–Trinajstić information content (AvgIpc) is 2.99. The fourth-order valence-electron chi connectivity index (χ4n) is 1.38. The number of hydrazine groups is 1. The number of hydrogen-bond donors (Lipinski definition) is 5. The van der Waals surface area contributed by atoms with E-state index >= 15 is 0 Å². The molecule has 0 saturated carbocycles. The van der Waals surface area contributed by atoms with Gasteiger partial charge in [-0.15, -0.1) is 4.68 Å². The standard InChI is InChI=1S/C11H15N6/c1-17(10-5-3-7-14-10)16-11(12)15-8-9-4-2-6-13-9/h2-7,13-14H,1,8H2,(H3,12,15,16)/q+1. The molecular formula is C11H15N6+. The summed E-state index contributed by atoms with van der Waals surface area (Å²) in [6.45, 7) is 4.33. The van der Waals surface area contributed by atoms with E-state index in [4.69, 9.17) is 5.41 Å². The Morgan fingerprint density at radius 3 is 2.71 bits per heavy atom. The molecule has 0 unspecified atom stereocenters. The molecule has 2 aromatic heterocycles. The van der Waals surface area contributed by atoms with E-state index < -0.39 is 0 Å². The molecule has 0 amide bonds. The summed E-state index contributed by atoms with van der Waals surface area (Å²) in [6, 6.07) is 7.59. The molecule has 2 aromatic rings. The zero-order valence-electron chi connectivity index (χ0n) is 9.33. The molecule has 0 spiro atoms. The lowest BCUT2D eigenvalue weighted by atomic mass is 10.4. The molecule has 0 bridgehead atoms. The van der Waals surface area contributed by atoms with Gasteiger partial charge >= 0.3 is 5.82 Å². The van der Waals surface area contributed by atoms with E-state index in [1.807, 2.05) is 30.5 Å². The zero-order chi connectivity index (χ0) is 12.1. The summed E-state index contributed by atoms with van der Waals surface area (Å²) in [5.41, 5.74) is 3.81. The number of H-pyrrole nitrogens is 2. The van der Waals surface area contributed by atoms with Gasteiger partial charge in [-0.05, 0) is 18.2 Å². The third kappa shape index (κ3) is 2.97. The van der Waals surface area contributed by atoms with E-state index in [0.717, 1.165) is 11.5 Å². The Morgan fingerprint density at radius 2 is 2.06 bits per heavy atom. The topological polar surface area (TPSA) is 82.5 Å². The molecule has 88 valence electrons. The fourth-order valence-corrected chi connectivity index (χ4v) is 1.38. The van der Waals surface area contributed by atoms with E-state index in [-0.39, 0.29) is 5.96 Å². The van der Waals surface area contributed by atoms with Crippen LogP contribution in [-0.4, -0.2) is 27.3 Å². The quantitative estimate of drug-likeness (QED) is 0.235. The molecule has 17 heavy (non-hydrogen) atoms. The molecule has 0 radical (unpaired) electrons. The molecule has 0 aromatic carbocycles. The maximum atomic E-state index is 7.69. The second kappa shape index (κ2) is 5.02. The Labute approximate surface area is 98.9 Å². The number of rotatable bonds is 4. The van der Waals surface area contributed by atoms with Crippen LogP contribution in [0, 0.1) is 5.41 Å². The Hall–Kier alpha value is -2.50. The van der Waals surface area contributed by atoms with E-state index in [1.54, 1.807) is 6.20 Å². The van der Waals surface area contributed by atoms with Gasteiger partial charge in [0.2, 0.25) is 5.96 Å². The minimum Gasteiger partial charge on any atom is -0.364 e. The van der Waals surface area contributed by atoms with Crippen LogP contribution in [0.3, 0.4) is 0 Å². The number of aromatic amines is 2. The molecule has 6 heteroatoms. The lowest BCUT2D eigenvalue weighted by molar-refractivity contribution is -0.482. The normalized spacial score (nSPS) is 9.88. The largest absolute Gasteiger partial charge is 0.364 e. The molecule has 2 heterocycles. The summed E-state index contributed by atoms with van der Waals surface area (Å²) >= 11 is 0. The molecule has 0 atom stereocenters. The van der Waals surface area contributed by atoms with Crippen molar-refractivity contribution in [2.24, 2.45) is 0 Å². The molecule has 6 nitrogen and oxygen atoms in total. The van der Waals surface area contributed by atoms with Crippen LogP contribution in [0.2, 0.25) is 0 Å². The summed E-state index contributed by atoms with van der Waals surface area (Å²) in [4.78, 5) is 6.03. The van der Waals surface area contributed by atoms with Crippen LogP contribution in [0.4, 0.5) is 5.82 Å². The first-order valence-electron chi connectivity index (χ1n) is 5.21. The van der Waals surface area contributed by atoms with Crippen LogP contribution < -0.4 is 10.7 Å². The number of aromatic nitrogens is 2. The predicted molar refractivity (Wildman–Crippen MR) is 66.3 cm³/mol. The van der Waals surface area contributed by atoms with Gasteiger partial charge in [0.1, 0.15) is 0 Å². The van der Waals surface area contributed by atoms with Crippen molar-refractivity contribution in [1.82, 2.24) is 20.7 Å². The maximum absolute atomic E-state index is 7.69. The average molecular weight is 231 g/mol. The smallest absolute Gasteiger partial charge is 0.302 e. The minimum absolute atomic E-state index is 0.184.